The maximum atomic E-state index is 11.4. The van der Waals surface area contributed by atoms with Crippen LogP contribution in [0.2, 0.25) is 0 Å². The van der Waals surface area contributed by atoms with Gasteiger partial charge in [-0.2, -0.15) is 0 Å². The molecule has 1 amide bonds. The van der Waals surface area contributed by atoms with Crippen LogP contribution in [0.4, 0.5) is 4.79 Å². The van der Waals surface area contributed by atoms with E-state index in [4.69, 9.17) is 4.74 Å². The molecular weight excluding hydrogens is 206 g/mol. The zero-order valence-corrected chi connectivity index (χ0v) is 10.2. The molecule has 0 aromatic heterocycles. The number of alkyl carbamates (subject to hydrolysis) is 1. The first-order chi connectivity index (χ1) is 7.28. The third-order valence-electron chi connectivity index (χ3n) is 3.58. The van der Waals surface area contributed by atoms with Gasteiger partial charge in [-0.3, -0.25) is 0 Å². The predicted octanol–water partition coefficient (Wildman–Crippen LogP) is 1.67. The molecule has 3 aliphatic carbocycles. The van der Waals surface area contributed by atoms with Gasteiger partial charge in [0.15, 0.2) is 0 Å². The first kappa shape index (κ1) is 11.7. The molecule has 0 aromatic carbocycles. The average Bonchev–Trinajstić information content (AvgIpc) is 2.50. The van der Waals surface area contributed by atoms with Crippen molar-refractivity contribution >= 4 is 6.09 Å². The third-order valence-corrected chi connectivity index (χ3v) is 3.58. The van der Waals surface area contributed by atoms with E-state index in [1.807, 2.05) is 20.8 Å². The largest absolute Gasteiger partial charge is 0.444 e. The summed E-state index contributed by atoms with van der Waals surface area (Å²) in [4.78, 5) is 11.4. The maximum Gasteiger partial charge on any atom is 0.407 e. The summed E-state index contributed by atoms with van der Waals surface area (Å²) in [5.74, 6) is 1.06. The van der Waals surface area contributed by atoms with Crippen LogP contribution < -0.4 is 5.32 Å². The highest BCUT2D eigenvalue weighted by atomic mass is 16.6. The molecule has 2 N–H and O–H groups in total. The zero-order valence-electron chi connectivity index (χ0n) is 10.2. The molecule has 0 saturated heterocycles. The molecule has 1 atom stereocenters. The predicted molar refractivity (Wildman–Crippen MR) is 60.0 cm³/mol. The summed E-state index contributed by atoms with van der Waals surface area (Å²) < 4.78 is 5.13. The van der Waals surface area contributed by atoms with Crippen molar-refractivity contribution in [3.05, 3.63) is 0 Å². The van der Waals surface area contributed by atoms with E-state index in [0.717, 1.165) is 19.3 Å². The lowest BCUT2D eigenvalue weighted by Crippen LogP contribution is -2.45. The second-order valence-corrected chi connectivity index (χ2v) is 6.20. The number of carbonyl (C=O) groups is 1. The van der Waals surface area contributed by atoms with Gasteiger partial charge in [0.05, 0.1) is 5.60 Å². The minimum atomic E-state index is -0.679. The fraction of sp³-hybridized carbons (Fsp3) is 0.917. The van der Waals surface area contributed by atoms with Crippen molar-refractivity contribution in [2.45, 2.75) is 51.2 Å². The van der Waals surface area contributed by atoms with Gasteiger partial charge >= 0.3 is 6.09 Å². The van der Waals surface area contributed by atoms with E-state index < -0.39 is 17.3 Å². The molecule has 0 spiro atoms. The van der Waals surface area contributed by atoms with Gasteiger partial charge in [-0.25, -0.2) is 4.79 Å². The summed E-state index contributed by atoms with van der Waals surface area (Å²) in [6.07, 6.45) is 2.62. The number of aliphatic hydroxyl groups is 1. The standard InChI is InChI=1S/C12H21NO3/c1-11(2,3)16-10(14)13-7-12(15)6-8-4-9(12)5-8/h8-9,15H,4-7H2,1-3H3,(H,13,14). The minimum absolute atomic E-state index is 0.322. The first-order valence-electron chi connectivity index (χ1n) is 5.98. The first-order valence-corrected chi connectivity index (χ1v) is 5.98. The molecule has 3 aliphatic rings. The van der Waals surface area contributed by atoms with Gasteiger partial charge in [0.2, 0.25) is 0 Å². The molecule has 0 radical (unpaired) electrons. The molecule has 0 aliphatic heterocycles. The molecule has 3 fully saturated rings. The molecule has 92 valence electrons. The van der Waals surface area contributed by atoms with Gasteiger partial charge in [-0.05, 0) is 51.9 Å². The fourth-order valence-electron chi connectivity index (χ4n) is 2.76. The van der Waals surface area contributed by atoms with Crippen molar-refractivity contribution in [3.63, 3.8) is 0 Å². The van der Waals surface area contributed by atoms with Gasteiger partial charge < -0.3 is 15.2 Å². The summed E-state index contributed by atoms with van der Waals surface area (Å²) in [7, 11) is 0. The minimum Gasteiger partial charge on any atom is -0.444 e. The Balaban J connectivity index is 1.77. The van der Waals surface area contributed by atoms with Crippen molar-refractivity contribution in [1.82, 2.24) is 5.32 Å². The Kier molecular flexibility index (Phi) is 2.65. The number of hydrogen-bond donors (Lipinski definition) is 2. The molecular formula is C12H21NO3. The smallest absolute Gasteiger partial charge is 0.407 e. The van der Waals surface area contributed by atoms with E-state index in [1.165, 1.54) is 0 Å². The highest BCUT2D eigenvalue weighted by Gasteiger charge is 2.54. The molecule has 3 saturated carbocycles. The summed E-state index contributed by atoms with van der Waals surface area (Å²) in [5.41, 5.74) is -1.16. The van der Waals surface area contributed by atoms with Crippen molar-refractivity contribution in [2.24, 2.45) is 11.8 Å². The Morgan fingerprint density at radius 1 is 1.50 bits per heavy atom. The van der Waals surface area contributed by atoms with E-state index in [0.29, 0.717) is 18.4 Å². The Labute approximate surface area is 96.4 Å². The Morgan fingerprint density at radius 3 is 2.56 bits per heavy atom. The normalized spacial score (nSPS) is 36.8. The van der Waals surface area contributed by atoms with Crippen LogP contribution in [0, 0.1) is 11.8 Å². The molecule has 0 heterocycles. The van der Waals surface area contributed by atoms with E-state index in [-0.39, 0.29) is 0 Å². The summed E-state index contributed by atoms with van der Waals surface area (Å²) in [6.45, 7) is 5.80. The number of hydrogen-bond acceptors (Lipinski definition) is 3. The van der Waals surface area contributed by atoms with E-state index >= 15 is 0 Å². The van der Waals surface area contributed by atoms with Crippen molar-refractivity contribution in [1.29, 1.82) is 0 Å². The van der Waals surface area contributed by atoms with Crippen LogP contribution in [0.5, 0.6) is 0 Å². The van der Waals surface area contributed by atoms with Crippen LogP contribution in [-0.4, -0.2) is 28.9 Å². The van der Waals surface area contributed by atoms with Crippen LogP contribution in [0.1, 0.15) is 40.0 Å². The van der Waals surface area contributed by atoms with Crippen LogP contribution in [0.15, 0.2) is 0 Å². The number of rotatable bonds is 2. The van der Waals surface area contributed by atoms with Crippen LogP contribution in [-0.2, 0) is 4.74 Å². The molecule has 4 nitrogen and oxygen atoms in total. The van der Waals surface area contributed by atoms with Gasteiger partial charge in [0, 0.05) is 6.54 Å². The lowest BCUT2D eigenvalue weighted by molar-refractivity contribution is 0.00380. The SMILES string of the molecule is CC(C)(C)OC(=O)NCC1(O)CC2CC1C2. The zero-order chi connectivity index (χ0) is 12.0. The molecule has 0 aromatic rings. The topological polar surface area (TPSA) is 58.6 Å². The van der Waals surface area contributed by atoms with Crippen molar-refractivity contribution in [2.75, 3.05) is 6.54 Å². The number of amides is 1. The Hall–Kier alpha value is -0.770. The number of fused-ring (bicyclic) bond motifs is 1. The molecule has 3 rings (SSSR count). The van der Waals surface area contributed by atoms with Crippen LogP contribution in [0.3, 0.4) is 0 Å². The maximum absolute atomic E-state index is 11.4. The van der Waals surface area contributed by atoms with Gasteiger partial charge in [-0.15, -0.1) is 0 Å². The Morgan fingerprint density at radius 2 is 2.12 bits per heavy atom. The lowest BCUT2D eigenvalue weighted by Gasteiger charge is -2.31. The van der Waals surface area contributed by atoms with Crippen LogP contribution in [0.25, 0.3) is 0 Å². The highest BCUT2D eigenvalue weighted by molar-refractivity contribution is 5.67. The summed E-state index contributed by atoms with van der Waals surface area (Å²) in [6, 6.07) is 0. The lowest BCUT2D eigenvalue weighted by atomic mass is 9.81. The van der Waals surface area contributed by atoms with E-state index in [9.17, 15) is 9.90 Å². The summed E-state index contributed by atoms with van der Waals surface area (Å²) >= 11 is 0. The fourth-order valence-corrected chi connectivity index (χ4v) is 2.76. The molecule has 16 heavy (non-hydrogen) atoms. The van der Waals surface area contributed by atoms with Crippen LogP contribution >= 0.6 is 0 Å². The second kappa shape index (κ2) is 3.62. The monoisotopic (exact) mass is 227 g/mol. The number of carbonyl (C=O) groups excluding carboxylic acids is 1. The third kappa shape index (κ3) is 2.32. The van der Waals surface area contributed by atoms with E-state index in [1.54, 1.807) is 0 Å². The second-order valence-electron chi connectivity index (χ2n) is 6.20. The quantitative estimate of drug-likeness (QED) is 0.754. The molecule has 4 heteroatoms. The van der Waals surface area contributed by atoms with Gasteiger partial charge in [0.25, 0.3) is 0 Å². The van der Waals surface area contributed by atoms with Crippen molar-refractivity contribution < 1.29 is 14.6 Å². The highest BCUT2D eigenvalue weighted by Crippen LogP contribution is 2.54. The van der Waals surface area contributed by atoms with E-state index in [2.05, 4.69) is 5.32 Å². The molecule has 1 unspecified atom stereocenters. The van der Waals surface area contributed by atoms with Gasteiger partial charge in [0.1, 0.15) is 5.60 Å². The summed E-state index contributed by atoms with van der Waals surface area (Å²) in [5, 5.41) is 12.9. The van der Waals surface area contributed by atoms with Gasteiger partial charge in [-0.1, -0.05) is 0 Å². The number of ether oxygens (including phenoxy) is 1. The average molecular weight is 227 g/mol. The molecule has 2 bridgehead atoms. The number of nitrogens with one attached hydrogen (secondary N) is 1. The van der Waals surface area contributed by atoms with Crippen molar-refractivity contribution in [3.8, 4) is 0 Å². The Bertz CT molecular complexity index is 291.